The van der Waals surface area contributed by atoms with Gasteiger partial charge in [0.2, 0.25) is 0 Å². The maximum atomic E-state index is 5.75. The lowest BCUT2D eigenvalue weighted by molar-refractivity contribution is 1.13. The molecule has 76 valence electrons. The predicted octanol–water partition coefficient (Wildman–Crippen LogP) is 4.04. The van der Waals surface area contributed by atoms with Gasteiger partial charge in [-0.05, 0) is 34.1 Å². The molecule has 5 heteroatoms. The van der Waals surface area contributed by atoms with E-state index in [1.807, 2.05) is 18.2 Å². The minimum absolute atomic E-state index is 0.646. The molecule has 2 nitrogen and oxygen atoms in total. The van der Waals surface area contributed by atoms with Crippen LogP contribution in [0.25, 0.3) is 0 Å². The lowest BCUT2D eigenvalue weighted by Crippen LogP contribution is -1.81. The standard InChI is InChI=1S/C10H6BrClN2S/c11-8-6-13-4-3-9(8)15-10-2-1-7(12)5-14-10/h1-6H. The van der Waals surface area contributed by atoms with Crippen molar-refractivity contribution in [2.24, 2.45) is 0 Å². The zero-order valence-corrected chi connectivity index (χ0v) is 10.7. The second-order valence-corrected chi connectivity index (χ2v) is 5.08. The van der Waals surface area contributed by atoms with E-state index in [9.17, 15) is 0 Å². The average Bonchev–Trinajstić information content (AvgIpc) is 2.25. The van der Waals surface area contributed by atoms with Crippen molar-refractivity contribution < 1.29 is 0 Å². The van der Waals surface area contributed by atoms with Gasteiger partial charge in [0.1, 0.15) is 5.03 Å². The summed E-state index contributed by atoms with van der Waals surface area (Å²) in [5.41, 5.74) is 0. The van der Waals surface area contributed by atoms with E-state index >= 15 is 0 Å². The Labute approximate surface area is 105 Å². The van der Waals surface area contributed by atoms with E-state index in [0.717, 1.165) is 14.4 Å². The molecule has 0 spiro atoms. The fraction of sp³-hybridized carbons (Fsp3) is 0. The van der Waals surface area contributed by atoms with Crippen molar-refractivity contribution in [3.8, 4) is 0 Å². The van der Waals surface area contributed by atoms with Gasteiger partial charge in [-0.1, -0.05) is 23.4 Å². The van der Waals surface area contributed by atoms with Gasteiger partial charge < -0.3 is 0 Å². The Balaban J connectivity index is 2.22. The van der Waals surface area contributed by atoms with Gasteiger partial charge in [0.25, 0.3) is 0 Å². The smallest absolute Gasteiger partial charge is 0.101 e. The van der Waals surface area contributed by atoms with E-state index in [1.165, 1.54) is 0 Å². The number of hydrogen-bond donors (Lipinski definition) is 0. The van der Waals surface area contributed by atoms with Crippen LogP contribution >= 0.6 is 39.3 Å². The first kappa shape index (κ1) is 10.9. The Morgan fingerprint density at radius 3 is 2.73 bits per heavy atom. The van der Waals surface area contributed by atoms with Crippen molar-refractivity contribution in [3.63, 3.8) is 0 Å². The number of hydrogen-bond acceptors (Lipinski definition) is 3. The van der Waals surface area contributed by atoms with Crippen molar-refractivity contribution in [1.29, 1.82) is 0 Å². The van der Waals surface area contributed by atoms with Crippen LogP contribution in [0.5, 0.6) is 0 Å². The molecule has 0 saturated heterocycles. The lowest BCUT2D eigenvalue weighted by Gasteiger charge is -2.02. The molecule has 0 aromatic carbocycles. The average molecular weight is 302 g/mol. The fourth-order valence-corrected chi connectivity index (χ4v) is 2.33. The second-order valence-electron chi connectivity index (χ2n) is 2.72. The monoisotopic (exact) mass is 300 g/mol. The highest BCUT2D eigenvalue weighted by molar-refractivity contribution is 9.10. The van der Waals surface area contributed by atoms with Crippen molar-refractivity contribution in [1.82, 2.24) is 9.97 Å². The Morgan fingerprint density at radius 2 is 2.07 bits per heavy atom. The highest BCUT2D eigenvalue weighted by Crippen LogP contribution is 2.31. The van der Waals surface area contributed by atoms with Gasteiger partial charge in [0.05, 0.1) is 5.02 Å². The molecule has 0 saturated carbocycles. The van der Waals surface area contributed by atoms with Crippen molar-refractivity contribution >= 4 is 39.3 Å². The van der Waals surface area contributed by atoms with Crippen LogP contribution in [0, 0.1) is 0 Å². The molecule has 0 bridgehead atoms. The zero-order valence-electron chi connectivity index (χ0n) is 7.52. The van der Waals surface area contributed by atoms with Crippen LogP contribution in [-0.4, -0.2) is 9.97 Å². The normalized spacial score (nSPS) is 10.3. The maximum Gasteiger partial charge on any atom is 0.101 e. The molecule has 0 fully saturated rings. The van der Waals surface area contributed by atoms with E-state index < -0.39 is 0 Å². The van der Waals surface area contributed by atoms with Gasteiger partial charge in [0, 0.05) is 28.0 Å². The molecule has 0 amide bonds. The van der Waals surface area contributed by atoms with Crippen LogP contribution < -0.4 is 0 Å². The molecule has 0 aliphatic rings. The first-order valence-electron chi connectivity index (χ1n) is 4.14. The van der Waals surface area contributed by atoms with E-state index in [-0.39, 0.29) is 0 Å². The van der Waals surface area contributed by atoms with E-state index in [1.54, 1.807) is 30.4 Å². The quantitative estimate of drug-likeness (QED) is 0.837. The Bertz CT molecular complexity index is 461. The third-order valence-corrected chi connectivity index (χ3v) is 3.79. The summed E-state index contributed by atoms with van der Waals surface area (Å²) in [5.74, 6) is 0. The number of halogens is 2. The molecule has 0 N–H and O–H groups in total. The second kappa shape index (κ2) is 4.96. The third kappa shape index (κ3) is 2.93. The summed E-state index contributed by atoms with van der Waals surface area (Å²) in [5, 5.41) is 1.56. The SMILES string of the molecule is Clc1ccc(Sc2ccncc2Br)nc1. The van der Waals surface area contributed by atoms with E-state index in [2.05, 4.69) is 25.9 Å². The summed E-state index contributed by atoms with van der Waals surface area (Å²) in [6, 6.07) is 5.65. The van der Waals surface area contributed by atoms with Gasteiger partial charge in [-0.15, -0.1) is 0 Å². The highest BCUT2D eigenvalue weighted by atomic mass is 79.9. The summed E-state index contributed by atoms with van der Waals surface area (Å²) < 4.78 is 0.965. The molecule has 2 rings (SSSR count). The molecule has 0 unspecified atom stereocenters. The Morgan fingerprint density at radius 1 is 1.20 bits per heavy atom. The fourth-order valence-electron chi connectivity index (χ4n) is 0.980. The summed E-state index contributed by atoms with van der Waals surface area (Å²) in [6.45, 7) is 0. The van der Waals surface area contributed by atoms with Crippen LogP contribution in [0.4, 0.5) is 0 Å². The van der Waals surface area contributed by atoms with Crippen molar-refractivity contribution in [2.75, 3.05) is 0 Å². The minimum atomic E-state index is 0.646. The number of pyridine rings is 2. The minimum Gasteiger partial charge on any atom is -0.263 e. The van der Waals surface area contributed by atoms with Gasteiger partial charge in [0.15, 0.2) is 0 Å². The maximum absolute atomic E-state index is 5.75. The van der Waals surface area contributed by atoms with Crippen molar-refractivity contribution in [2.45, 2.75) is 9.92 Å². The van der Waals surface area contributed by atoms with E-state index in [0.29, 0.717) is 5.02 Å². The van der Waals surface area contributed by atoms with Crippen LogP contribution in [0.1, 0.15) is 0 Å². The largest absolute Gasteiger partial charge is 0.263 e. The van der Waals surface area contributed by atoms with E-state index in [4.69, 9.17) is 11.6 Å². The lowest BCUT2D eigenvalue weighted by atomic mass is 10.5. The molecule has 2 heterocycles. The first-order valence-corrected chi connectivity index (χ1v) is 6.13. The molecule has 0 aliphatic carbocycles. The number of nitrogens with zero attached hydrogens (tertiary/aromatic N) is 2. The highest BCUT2D eigenvalue weighted by Gasteiger charge is 2.02. The molecule has 2 aromatic rings. The predicted molar refractivity (Wildman–Crippen MR) is 65.3 cm³/mol. The first-order chi connectivity index (χ1) is 7.25. The molecule has 2 aromatic heterocycles. The van der Waals surface area contributed by atoms with Gasteiger partial charge in [-0.3, -0.25) is 4.98 Å². The molecule has 0 aliphatic heterocycles. The molecular formula is C10H6BrClN2S. The number of rotatable bonds is 2. The third-order valence-electron chi connectivity index (χ3n) is 1.65. The number of aromatic nitrogens is 2. The zero-order chi connectivity index (χ0) is 10.7. The molecular weight excluding hydrogens is 296 g/mol. The Kier molecular flexibility index (Phi) is 3.61. The summed E-state index contributed by atoms with van der Waals surface area (Å²) in [7, 11) is 0. The summed E-state index contributed by atoms with van der Waals surface area (Å²) >= 11 is 10.8. The summed E-state index contributed by atoms with van der Waals surface area (Å²) in [6.07, 6.45) is 5.15. The van der Waals surface area contributed by atoms with Crippen LogP contribution in [0.15, 0.2) is 51.2 Å². The van der Waals surface area contributed by atoms with Crippen LogP contribution in [0.2, 0.25) is 5.02 Å². The Hall–Kier alpha value is -0.580. The molecule has 0 atom stereocenters. The summed E-state index contributed by atoms with van der Waals surface area (Å²) in [4.78, 5) is 9.29. The van der Waals surface area contributed by atoms with Crippen LogP contribution in [0.3, 0.4) is 0 Å². The van der Waals surface area contributed by atoms with Crippen molar-refractivity contribution in [3.05, 3.63) is 46.3 Å². The molecule has 15 heavy (non-hydrogen) atoms. The molecule has 0 radical (unpaired) electrons. The van der Waals surface area contributed by atoms with Gasteiger partial charge >= 0.3 is 0 Å². The topological polar surface area (TPSA) is 25.8 Å². The van der Waals surface area contributed by atoms with Crippen LogP contribution in [-0.2, 0) is 0 Å². The van der Waals surface area contributed by atoms with Gasteiger partial charge in [-0.2, -0.15) is 0 Å². The van der Waals surface area contributed by atoms with Gasteiger partial charge in [-0.25, -0.2) is 4.98 Å².